The molecule has 0 aliphatic heterocycles. The van der Waals surface area contributed by atoms with Crippen LogP contribution in [0.5, 0.6) is 0 Å². The van der Waals surface area contributed by atoms with E-state index in [0.29, 0.717) is 5.82 Å². The summed E-state index contributed by atoms with van der Waals surface area (Å²) >= 11 is 1.66. The second-order valence-corrected chi connectivity index (χ2v) is 7.42. The van der Waals surface area contributed by atoms with Crippen LogP contribution in [-0.2, 0) is 7.05 Å². The number of rotatable bonds is 4. The van der Waals surface area contributed by atoms with Crippen molar-refractivity contribution in [2.24, 2.45) is 12.1 Å². The molecular weight excluding hydrogens is 356 g/mol. The van der Waals surface area contributed by atoms with Crippen LogP contribution in [0.25, 0.3) is 20.7 Å². The summed E-state index contributed by atoms with van der Waals surface area (Å²) in [5.41, 5.74) is 7.31. The molecule has 0 aliphatic carbocycles. The fourth-order valence-electron chi connectivity index (χ4n) is 2.99. The fraction of sp³-hybridized carbons (Fsp3) is 0.200. The average molecular weight is 376 g/mol. The maximum atomic E-state index is 4.58. The zero-order chi connectivity index (χ0) is 19.0. The third-order valence-corrected chi connectivity index (χ3v) is 5.57. The maximum absolute atomic E-state index is 4.58. The molecule has 3 heterocycles. The largest absolute Gasteiger partial charge is 0.272 e. The van der Waals surface area contributed by atoms with Gasteiger partial charge in [-0.1, -0.05) is 30.3 Å². The van der Waals surface area contributed by atoms with Gasteiger partial charge >= 0.3 is 0 Å². The minimum absolute atomic E-state index is 0.714. The van der Waals surface area contributed by atoms with E-state index in [4.69, 9.17) is 0 Å². The van der Waals surface area contributed by atoms with Gasteiger partial charge in [0, 0.05) is 23.2 Å². The highest BCUT2D eigenvalue weighted by Crippen LogP contribution is 2.35. The molecule has 4 rings (SSSR count). The van der Waals surface area contributed by atoms with Crippen molar-refractivity contribution < 1.29 is 0 Å². The number of aromatic nitrogens is 4. The van der Waals surface area contributed by atoms with E-state index in [2.05, 4.69) is 43.8 Å². The van der Waals surface area contributed by atoms with Crippen molar-refractivity contribution in [2.75, 3.05) is 5.43 Å². The predicted molar refractivity (Wildman–Crippen MR) is 111 cm³/mol. The first-order chi connectivity index (χ1) is 13.0. The Balaban J connectivity index is 1.69. The van der Waals surface area contributed by atoms with Gasteiger partial charge in [-0.25, -0.2) is 9.97 Å². The van der Waals surface area contributed by atoms with Gasteiger partial charge in [-0.2, -0.15) is 10.2 Å². The molecule has 0 unspecified atom stereocenters. The second-order valence-electron chi connectivity index (χ2n) is 6.39. The molecule has 0 saturated heterocycles. The molecule has 136 valence electrons. The van der Waals surface area contributed by atoms with E-state index in [1.165, 1.54) is 5.56 Å². The van der Waals surface area contributed by atoms with Crippen LogP contribution in [0.4, 0.5) is 5.82 Å². The molecule has 7 heteroatoms. The molecule has 0 bridgehead atoms. The lowest BCUT2D eigenvalue weighted by Gasteiger charge is -2.02. The van der Waals surface area contributed by atoms with Crippen LogP contribution >= 0.6 is 11.3 Å². The van der Waals surface area contributed by atoms with Gasteiger partial charge in [-0.15, -0.1) is 11.3 Å². The van der Waals surface area contributed by atoms with E-state index < -0.39 is 0 Å². The Bertz CT molecular complexity index is 1140. The van der Waals surface area contributed by atoms with Crippen LogP contribution in [0.1, 0.15) is 22.8 Å². The fourth-order valence-corrected chi connectivity index (χ4v) is 4.08. The summed E-state index contributed by atoms with van der Waals surface area (Å²) in [5.74, 6) is 1.43. The summed E-state index contributed by atoms with van der Waals surface area (Å²) in [5, 5.41) is 9.79. The number of aryl methyl sites for hydroxylation is 3. The Morgan fingerprint density at radius 2 is 1.89 bits per heavy atom. The molecule has 0 saturated carbocycles. The molecular formula is C20H20N6S. The number of hydrogen-bond donors (Lipinski definition) is 1. The monoisotopic (exact) mass is 376 g/mol. The van der Waals surface area contributed by atoms with Crippen molar-refractivity contribution in [1.29, 1.82) is 0 Å². The lowest BCUT2D eigenvalue weighted by atomic mass is 10.2. The zero-order valence-corrected chi connectivity index (χ0v) is 16.5. The number of nitrogens with one attached hydrogen (secondary N) is 1. The number of anilines is 1. The van der Waals surface area contributed by atoms with Crippen LogP contribution in [0.3, 0.4) is 0 Å². The predicted octanol–water partition coefficient (Wildman–Crippen LogP) is 4.46. The lowest BCUT2D eigenvalue weighted by molar-refractivity contribution is 0.731. The van der Waals surface area contributed by atoms with Gasteiger partial charge in [-0.05, 0) is 32.4 Å². The molecule has 1 N–H and O–H groups in total. The van der Waals surface area contributed by atoms with Gasteiger partial charge in [0.2, 0.25) is 0 Å². The first kappa shape index (κ1) is 17.4. The molecule has 0 fully saturated rings. The molecule has 3 aromatic heterocycles. The molecule has 0 amide bonds. The Hall–Kier alpha value is -3.06. The molecule has 6 nitrogen and oxygen atoms in total. The zero-order valence-electron chi connectivity index (χ0n) is 15.7. The normalized spacial score (nSPS) is 11.6. The van der Waals surface area contributed by atoms with E-state index in [0.717, 1.165) is 37.9 Å². The highest BCUT2D eigenvalue weighted by Gasteiger charge is 2.12. The van der Waals surface area contributed by atoms with Crippen molar-refractivity contribution >= 4 is 33.6 Å². The third-order valence-electron chi connectivity index (χ3n) is 4.49. The summed E-state index contributed by atoms with van der Waals surface area (Å²) in [4.78, 5) is 11.2. The molecule has 4 aromatic rings. The summed E-state index contributed by atoms with van der Waals surface area (Å²) in [6.45, 7) is 5.90. The molecule has 0 aliphatic rings. The minimum atomic E-state index is 0.714. The smallest absolute Gasteiger partial charge is 0.158 e. The Morgan fingerprint density at radius 3 is 2.59 bits per heavy atom. The third kappa shape index (κ3) is 3.33. The van der Waals surface area contributed by atoms with E-state index in [1.807, 2.05) is 50.7 Å². The molecule has 0 atom stereocenters. The highest BCUT2D eigenvalue weighted by molar-refractivity contribution is 7.21. The van der Waals surface area contributed by atoms with E-state index in [-0.39, 0.29) is 0 Å². The first-order valence-electron chi connectivity index (χ1n) is 8.66. The van der Waals surface area contributed by atoms with Crippen molar-refractivity contribution in [2.45, 2.75) is 20.8 Å². The van der Waals surface area contributed by atoms with Gasteiger partial charge in [0.25, 0.3) is 0 Å². The maximum Gasteiger partial charge on any atom is 0.158 e. The number of hydrazone groups is 1. The standard InChI is InChI=1S/C20H20N6S/c1-12-17(13(2)26(4)25-12)11-21-24-19-16-10-18(15-8-6-5-7-9-15)27-20(16)23-14(3)22-19/h5-11H,1-4H3,(H,22,23,24)/b21-11+. The number of benzene rings is 1. The van der Waals surface area contributed by atoms with Crippen LogP contribution in [0.15, 0.2) is 41.5 Å². The number of thiophene rings is 1. The van der Waals surface area contributed by atoms with E-state index in [9.17, 15) is 0 Å². The Kier molecular flexibility index (Phi) is 4.45. The molecule has 0 spiro atoms. The summed E-state index contributed by atoms with van der Waals surface area (Å²) < 4.78 is 1.86. The van der Waals surface area contributed by atoms with Crippen LogP contribution in [-0.4, -0.2) is 26.0 Å². The molecule has 27 heavy (non-hydrogen) atoms. The summed E-state index contributed by atoms with van der Waals surface area (Å²) in [6.07, 6.45) is 1.80. The molecule has 0 radical (unpaired) electrons. The Morgan fingerprint density at radius 1 is 1.11 bits per heavy atom. The number of hydrogen-bond acceptors (Lipinski definition) is 6. The summed E-state index contributed by atoms with van der Waals surface area (Å²) in [6, 6.07) is 12.4. The van der Waals surface area contributed by atoms with Gasteiger partial charge in [-0.3, -0.25) is 10.1 Å². The van der Waals surface area contributed by atoms with Crippen molar-refractivity contribution in [1.82, 2.24) is 19.7 Å². The van der Waals surface area contributed by atoms with E-state index >= 15 is 0 Å². The number of nitrogens with zero attached hydrogens (tertiary/aromatic N) is 5. The van der Waals surface area contributed by atoms with Gasteiger partial charge < -0.3 is 0 Å². The van der Waals surface area contributed by atoms with Crippen LogP contribution in [0, 0.1) is 20.8 Å². The van der Waals surface area contributed by atoms with Crippen LogP contribution < -0.4 is 5.43 Å². The quantitative estimate of drug-likeness (QED) is 0.422. The van der Waals surface area contributed by atoms with Crippen LogP contribution in [0.2, 0.25) is 0 Å². The SMILES string of the molecule is Cc1nc(N/N=C/c2c(C)nn(C)c2C)c2cc(-c3ccccc3)sc2n1. The first-order valence-corrected chi connectivity index (χ1v) is 9.47. The van der Waals surface area contributed by atoms with Crippen molar-refractivity contribution in [3.05, 3.63) is 59.2 Å². The van der Waals surface area contributed by atoms with E-state index in [1.54, 1.807) is 17.6 Å². The van der Waals surface area contributed by atoms with Crippen molar-refractivity contribution in [3.63, 3.8) is 0 Å². The lowest BCUT2D eigenvalue weighted by Crippen LogP contribution is -1.98. The summed E-state index contributed by atoms with van der Waals surface area (Å²) in [7, 11) is 1.93. The molecule has 1 aromatic carbocycles. The Labute approximate surface area is 161 Å². The van der Waals surface area contributed by atoms with Crippen molar-refractivity contribution in [3.8, 4) is 10.4 Å². The van der Waals surface area contributed by atoms with Gasteiger partial charge in [0.05, 0.1) is 17.3 Å². The minimum Gasteiger partial charge on any atom is -0.272 e. The highest BCUT2D eigenvalue weighted by atomic mass is 32.1. The van der Waals surface area contributed by atoms with Gasteiger partial charge in [0.15, 0.2) is 5.82 Å². The second kappa shape index (κ2) is 6.92. The van der Waals surface area contributed by atoms with Gasteiger partial charge in [0.1, 0.15) is 10.7 Å². The number of fused-ring (bicyclic) bond motifs is 1. The topological polar surface area (TPSA) is 68.0 Å². The average Bonchev–Trinajstić information content (AvgIpc) is 3.18.